The average Bonchev–Trinajstić information content (AvgIpc) is 3.04. The third kappa shape index (κ3) is 7.87. The number of halogens is 2. The van der Waals surface area contributed by atoms with Gasteiger partial charge in [-0.2, -0.15) is 0 Å². The van der Waals surface area contributed by atoms with E-state index in [2.05, 4.69) is 51.7 Å². The Balaban J connectivity index is 0.00000312. The number of hydrogen-bond acceptors (Lipinski definition) is 4. The minimum Gasteiger partial charge on any atom is -0.357 e. The SMILES string of the molecule is CCNC(=NCc1csc(C(C)C)n1)NCCc1ccc(Cl)nc1.I. The smallest absolute Gasteiger partial charge is 0.191 e. The summed E-state index contributed by atoms with van der Waals surface area (Å²) in [4.78, 5) is 13.3. The third-order valence-corrected chi connectivity index (χ3v) is 4.72. The van der Waals surface area contributed by atoms with Gasteiger partial charge in [-0.15, -0.1) is 35.3 Å². The molecule has 8 heteroatoms. The molecule has 0 fully saturated rings. The van der Waals surface area contributed by atoms with E-state index in [-0.39, 0.29) is 24.0 Å². The first-order valence-electron chi connectivity index (χ1n) is 8.15. The normalized spacial score (nSPS) is 11.3. The zero-order valence-corrected chi connectivity index (χ0v) is 18.7. The molecule has 25 heavy (non-hydrogen) atoms. The van der Waals surface area contributed by atoms with Gasteiger partial charge in [0.1, 0.15) is 5.15 Å². The molecule has 2 aromatic rings. The zero-order chi connectivity index (χ0) is 17.4. The molecule has 0 aliphatic rings. The Morgan fingerprint density at radius 3 is 2.72 bits per heavy atom. The average molecular weight is 494 g/mol. The fourth-order valence-electron chi connectivity index (χ4n) is 2.04. The molecule has 0 atom stereocenters. The number of rotatable bonds is 7. The molecular formula is C17H25ClIN5S. The molecule has 0 aliphatic carbocycles. The number of nitrogens with zero attached hydrogens (tertiary/aromatic N) is 3. The van der Waals surface area contributed by atoms with Crippen LogP contribution in [0, 0.1) is 0 Å². The molecule has 0 spiro atoms. The van der Waals surface area contributed by atoms with E-state index < -0.39 is 0 Å². The van der Waals surface area contributed by atoms with Crippen LogP contribution in [0.15, 0.2) is 28.7 Å². The number of thiazole rings is 1. The standard InChI is InChI=1S/C17H24ClN5S.HI/c1-4-19-17(20-8-7-13-5-6-15(18)21-9-13)22-10-14-11-24-16(23-14)12(2)3;/h5-6,9,11-12H,4,7-8,10H2,1-3H3,(H2,19,20,22);1H. The number of nitrogens with one attached hydrogen (secondary N) is 2. The second kappa shape index (κ2) is 11.6. The Morgan fingerprint density at radius 2 is 2.12 bits per heavy atom. The molecule has 0 saturated heterocycles. The molecule has 0 radical (unpaired) electrons. The van der Waals surface area contributed by atoms with Crippen LogP contribution < -0.4 is 10.6 Å². The highest BCUT2D eigenvalue weighted by atomic mass is 127. The fourth-order valence-corrected chi connectivity index (χ4v) is 2.98. The summed E-state index contributed by atoms with van der Waals surface area (Å²) in [6, 6.07) is 3.80. The van der Waals surface area contributed by atoms with Crippen molar-refractivity contribution >= 4 is 52.9 Å². The molecule has 5 nitrogen and oxygen atoms in total. The number of aliphatic imine (C=N–C) groups is 1. The molecule has 0 bridgehead atoms. The molecule has 0 saturated carbocycles. The molecule has 0 aromatic carbocycles. The Kier molecular flexibility index (Phi) is 10.3. The molecule has 138 valence electrons. The van der Waals surface area contributed by atoms with Crippen molar-refractivity contribution in [1.29, 1.82) is 0 Å². The first-order chi connectivity index (χ1) is 11.6. The summed E-state index contributed by atoms with van der Waals surface area (Å²) in [6.07, 6.45) is 2.67. The minimum atomic E-state index is 0. The number of hydrogen-bond donors (Lipinski definition) is 2. The van der Waals surface area contributed by atoms with Gasteiger partial charge in [-0.3, -0.25) is 0 Å². The molecule has 2 rings (SSSR count). The van der Waals surface area contributed by atoms with E-state index in [4.69, 9.17) is 11.6 Å². The van der Waals surface area contributed by atoms with E-state index in [0.29, 0.717) is 17.6 Å². The van der Waals surface area contributed by atoms with Crippen LogP contribution in [0.5, 0.6) is 0 Å². The summed E-state index contributed by atoms with van der Waals surface area (Å²) in [5, 5.41) is 10.4. The Hall–Kier alpha value is -0.930. The van der Waals surface area contributed by atoms with E-state index in [0.717, 1.165) is 41.7 Å². The third-order valence-electron chi connectivity index (χ3n) is 3.30. The molecule has 0 amide bonds. The predicted octanol–water partition coefficient (Wildman–Crippen LogP) is 4.23. The number of aromatic nitrogens is 2. The van der Waals surface area contributed by atoms with Crippen LogP contribution >= 0.6 is 46.9 Å². The van der Waals surface area contributed by atoms with E-state index in [1.165, 1.54) is 0 Å². The van der Waals surface area contributed by atoms with Gasteiger partial charge < -0.3 is 10.6 Å². The lowest BCUT2D eigenvalue weighted by Crippen LogP contribution is -2.38. The van der Waals surface area contributed by atoms with Crippen LogP contribution in [-0.4, -0.2) is 29.0 Å². The predicted molar refractivity (Wildman–Crippen MR) is 117 cm³/mol. The Labute approximate surface area is 175 Å². The summed E-state index contributed by atoms with van der Waals surface area (Å²) >= 11 is 7.50. The van der Waals surface area contributed by atoms with Gasteiger partial charge in [0.25, 0.3) is 0 Å². The van der Waals surface area contributed by atoms with Gasteiger partial charge in [0, 0.05) is 30.6 Å². The quantitative estimate of drug-likeness (QED) is 0.262. The van der Waals surface area contributed by atoms with Crippen molar-refractivity contribution in [3.05, 3.63) is 45.1 Å². The van der Waals surface area contributed by atoms with Crippen molar-refractivity contribution in [3.8, 4) is 0 Å². The monoisotopic (exact) mass is 493 g/mol. The fraction of sp³-hybridized carbons (Fsp3) is 0.471. The molecule has 2 N–H and O–H groups in total. The largest absolute Gasteiger partial charge is 0.357 e. The van der Waals surface area contributed by atoms with Crippen molar-refractivity contribution in [1.82, 2.24) is 20.6 Å². The molecule has 2 aromatic heterocycles. The summed E-state index contributed by atoms with van der Waals surface area (Å²) in [5.41, 5.74) is 2.16. The van der Waals surface area contributed by atoms with Crippen molar-refractivity contribution in [3.63, 3.8) is 0 Å². The van der Waals surface area contributed by atoms with Crippen molar-refractivity contribution in [2.75, 3.05) is 13.1 Å². The lowest BCUT2D eigenvalue weighted by Gasteiger charge is -2.11. The topological polar surface area (TPSA) is 62.2 Å². The van der Waals surface area contributed by atoms with Crippen LogP contribution in [0.25, 0.3) is 0 Å². The summed E-state index contributed by atoms with van der Waals surface area (Å²) in [6.45, 7) is 8.55. The summed E-state index contributed by atoms with van der Waals surface area (Å²) < 4.78 is 0. The van der Waals surface area contributed by atoms with Gasteiger partial charge >= 0.3 is 0 Å². The van der Waals surface area contributed by atoms with Gasteiger partial charge in [0.05, 0.1) is 17.2 Å². The second-order valence-corrected chi connectivity index (χ2v) is 6.97. The van der Waals surface area contributed by atoms with E-state index in [1.807, 2.05) is 12.1 Å². The first-order valence-corrected chi connectivity index (χ1v) is 9.41. The van der Waals surface area contributed by atoms with Crippen molar-refractivity contribution < 1.29 is 0 Å². The number of guanidine groups is 1. The summed E-state index contributed by atoms with van der Waals surface area (Å²) in [5.74, 6) is 1.27. The van der Waals surface area contributed by atoms with E-state index in [9.17, 15) is 0 Å². The van der Waals surface area contributed by atoms with Crippen LogP contribution in [0.2, 0.25) is 5.15 Å². The van der Waals surface area contributed by atoms with Crippen LogP contribution in [0.3, 0.4) is 0 Å². The maximum Gasteiger partial charge on any atom is 0.191 e. The Bertz CT molecular complexity index is 657. The van der Waals surface area contributed by atoms with Crippen LogP contribution in [0.1, 0.15) is 43.0 Å². The Morgan fingerprint density at radius 1 is 1.32 bits per heavy atom. The minimum absolute atomic E-state index is 0. The van der Waals surface area contributed by atoms with Crippen LogP contribution in [-0.2, 0) is 13.0 Å². The van der Waals surface area contributed by atoms with E-state index >= 15 is 0 Å². The molecule has 0 unspecified atom stereocenters. The van der Waals surface area contributed by atoms with Gasteiger partial charge in [-0.25, -0.2) is 15.0 Å². The molecule has 0 aliphatic heterocycles. The maximum absolute atomic E-state index is 5.80. The van der Waals surface area contributed by atoms with Gasteiger partial charge in [-0.05, 0) is 25.0 Å². The van der Waals surface area contributed by atoms with Gasteiger partial charge in [-0.1, -0.05) is 31.5 Å². The highest BCUT2D eigenvalue weighted by Gasteiger charge is 2.06. The second-order valence-electron chi connectivity index (χ2n) is 5.69. The van der Waals surface area contributed by atoms with Crippen molar-refractivity contribution in [2.24, 2.45) is 4.99 Å². The lowest BCUT2D eigenvalue weighted by atomic mass is 10.2. The maximum atomic E-state index is 5.80. The zero-order valence-electron chi connectivity index (χ0n) is 14.8. The molecule has 2 heterocycles. The number of pyridine rings is 1. The lowest BCUT2D eigenvalue weighted by molar-refractivity contribution is 0.792. The first kappa shape index (κ1) is 22.1. The van der Waals surface area contributed by atoms with Gasteiger partial charge in [0.2, 0.25) is 0 Å². The van der Waals surface area contributed by atoms with Crippen LogP contribution in [0.4, 0.5) is 0 Å². The summed E-state index contributed by atoms with van der Waals surface area (Å²) in [7, 11) is 0. The highest BCUT2D eigenvalue weighted by Crippen LogP contribution is 2.19. The van der Waals surface area contributed by atoms with Crippen molar-refractivity contribution in [2.45, 2.75) is 39.7 Å². The molecular weight excluding hydrogens is 469 g/mol. The highest BCUT2D eigenvalue weighted by molar-refractivity contribution is 14.0. The van der Waals surface area contributed by atoms with Gasteiger partial charge in [0.15, 0.2) is 5.96 Å². The van der Waals surface area contributed by atoms with E-state index in [1.54, 1.807) is 17.5 Å².